The molecule has 14 heteroatoms. The molecule has 200 valence electrons. The fourth-order valence-corrected chi connectivity index (χ4v) is 4.18. The van der Waals surface area contributed by atoms with Gasteiger partial charge in [0.15, 0.2) is 11.2 Å². The average Bonchev–Trinajstić information content (AvgIpc) is 3.55. The monoisotopic (exact) mass is 536 g/mol. The molecule has 0 bridgehead atoms. The first-order valence-corrected chi connectivity index (χ1v) is 11.7. The van der Waals surface area contributed by atoms with Gasteiger partial charge >= 0.3 is 5.69 Å². The Labute approximate surface area is 218 Å². The topological polar surface area (TPSA) is 143 Å². The molecule has 5 rings (SSSR count). The summed E-state index contributed by atoms with van der Waals surface area (Å²) in [5.41, 5.74) is 0.000232. The lowest BCUT2D eigenvalue weighted by Crippen LogP contribution is -2.40. The van der Waals surface area contributed by atoms with Crippen molar-refractivity contribution in [3.05, 3.63) is 86.9 Å². The van der Waals surface area contributed by atoms with Crippen molar-refractivity contribution in [2.24, 2.45) is 7.05 Å². The van der Waals surface area contributed by atoms with E-state index in [9.17, 15) is 23.2 Å². The van der Waals surface area contributed by atoms with Crippen LogP contribution in [0.5, 0.6) is 0 Å². The molecule has 0 atom stereocenters. The molecule has 0 aliphatic rings. The van der Waals surface area contributed by atoms with Crippen molar-refractivity contribution >= 4 is 22.9 Å². The normalized spacial score (nSPS) is 11.7. The third-order valence-electron chi connectivity index (χ3n) is 6.10. The summed E-state index contributed by atoms with van der Waals surface area (Å²) in [4.78, 5) is 51.4. The number of hydrogen-bond acceptors (Lipinski definition) is 8. The SMILES string of the molecule is Cc1ncc(-c2cccc(NC(=O)Cn3cnc4c3c(=O)n(Cc3ccon3)c(=O)n4C)n2)cc1C(C)(F)F. The van der Waals surface area contributed by atoms with Gasteiger partial charge in [-0.3, -0.25) is 23.7 Å². The predicted octanol–water partition coefficient (Wildman–Crippen LogP) is 2.45. The predicted molar refractivity (Wildman–Crippen MR) is 135 cm³/mol. The second kappa shape index (κ2) is 9.70. The smallest absolute Gasteiger partial charge is 0.332 e. The number of aryl methyl sites for hydroxylation is 2. The molecule has 0 aliphatic carbocycles. The van der Waals surface area contributed by atoms with E-state index >= 15 is 0 Å². The van der Waals surface area contributed by atoms with E-state index in [1.165, 1.54) is 54.0 Å². The minimum atomic E-state index is -3.08. The number of nitrogens with one attached hydrogen (secondary N) is 1. The molecule has 0 aliphatic heterocycles. The molecular weight excluding hydrogens is 514 g/mol. The third-order valence-corrected chi connectivity index (χ3v) is 6.10. The highest BCUT2D eigenvalue weighted by atomic mass is 19.3. The van der Waals surface area contributed by atoms with Crippen LogP contribution in [0.1, 0.15) is 23.9 Å². The summed E-state index contributed by atoms with van der Waals surface area (Å²) < 4.78 is 36.2. The maximum Gasteiger partial charge on any atom is 0.332 e. The molecule has 0 aromatic carbocycles. The van der Waals surface area contributed by atoms with Crippen molar-refractivity contribution in [1.29, 1.82) is 0 Å². The van der Waals surface area contributed by atoms with Gasteiger partial charge in [-0.25, -0.2) is 23.5 Å². The number of carbonyl (C=O) groups excluding carboxylic acids is 1. The van der Waals surface area contributed by atoms with Gasteiger partial charge in [0.05, 0.1) is 18.6 Å². The number of imidazole rings is 1. The fourth-order valence-electron chi connectivity index (χ4n) is 4.18. The van der Waals surface area contributed by atoms with Crippen molar-refractivity contribution in [1.82, 2.24) is 33.8 Å². The van der Waals surface area contributed by atoms with Crippen molar-refractivity contribution in [3.8, 4) is 11.3 Å². The Morgan fingerprint density at radius 1 is 1.18 bits per heavy atom. The van der Waals surface area contributed by atoms with Crippen molar-refractivity contribution in [2.45, 2.75) is 32.9 Å². The number of amides is 1. The largest absolute Gasteiger partial charge is 0.364 e. The number of alkyl halides is 2. The Morgan fingerprint density at radius 2 is 1.97 bits per heavy atom. The summed E-state index contributed by atoms with van der Waals surface area (Å²) in [6.07, 6.45) is 4.05. The summed E-state index contributed by atoms with van der Waals surface area (Å²) in [6.45, 7) is 1.87. The van der Waals surface area contributed by atoms with Gasteiger partial charge in [-0.15, -0.1) is 0 Å². The minimum absolute atomic E-state index is 0.0520. The van der Waals surface area contributed by atoms with Crippen molar-refractivity contribution < 1.29 is 18.1 Å². The lowest BCUT2D eigenvalue weighted by atomic mass is 10.0. The van der Waals surface area contributed by atoms with E-state index in [1.807, 2.05) is 0 Å². The van der Waals surface area contributed by atoms with Gasteiger partial charge in [-0.05, 0) is 25.1 Å². The van der Waals surface area contributed by atoms with E-state index < -0.39 is 23.1 Å². The summed E-state index contributed by atoms with van der Waals surface area (Å²) in [7, 11) is 1.47. The van der Waals surface area contributed by atoms with E-state index in [1.54, 1.807) is 18.2 Å². The zero-order chi connectivity index (χ0) is 27.9. The Balaban J connectivity index is 1.41. The van der Waals surface area contributed by atoms with E-state index in [0.717, 1.165) is 11.5 Å². The number of halogens is 2. The van der Waals surface area contributed by atoms with Gasteiger partial charge in [0.1, 0.15) is 24.3 Å². The zero-order valence-corrected chi connectivity index (χ0v) is 21.1. The molecule has 0 unspecified atom stereocenters. The van der Waals surface area contributed by atoms with Gasteiger partial charge in [0.25, 0.3) is 11.5 Å². The fraction of sp³-hybridized carbons (Fsp3) is 0.240. The van der Waals surface area contributed by atoms with Crippen LogP contribution in [-0.4, -0.2) is 39.7 Å². The summed E-state index contributed by atoms with van der Waals surface area (Å²) >= 11 is 0. The van der Waals surface area contributed by atoms with E-state index in [4.69, 9.17) is 4.52 Å². The van der Waals surface area contributed by atoms with Gasteiger partial charge in [-0.1, -0.05) is 11.2 Å². The third kappa shape index (κ3) is 4.95. The molecule has 0 saturated carbocycles. The number of pyridine rings is 2. The van der Waals surface area contributed by atoms with Crippen molar-refractivity contribution in [2.75, 3.05) is 5.32 Å². The molecule has 39 heavy (non-hydrogen) atoms. The molecule has 0 spiro atoms. The first kappa shape index (κ1) is 25.6. The molecule has 5 aromatic rings. The van der Waals surface area contributed by atoms with Crippen molar-refractivity contribution in [3.63, 3.8) is 0 Å². The number of rotatable bonds is 7. The van der Waals surface area contributed by atoms with Crippen LogP contribution >= 0.6 is 0 Å². The van der Waals surface area contributed by atoms with E-state index in [-0.39, 0.29) is 41.3 Å². The van der Waals surface area contributed by atoms with Gasteiger partial charge in [-0.2, -0.15) is 0 Å². The van der Waals surface area contributed by atoms with Crippen LogP contribution in [0, 0.1) is 6.92 Å². The average molecular weight is 536 g/mol. The summed E-state index contributed by atoms with van der Waals surface area (Å²) in [6, 6.07) is 7.62. The van der Waals surface area contributed by atoms with Crippen LogP contribution in [0.2, 0.25) is 0 Å². The van der Waals surface area contributed by atoms with Crippen LogP contribution in [-0.2, 0) is 30.9 Å². The molecule has 0 radical (unpaired) electrons. The molecule has 1 amide bonds. The van der Waals surface area contributed by atoms with Crippen LogP contribution in [0.4, 0.5) is 14.6 Å². The Bertz CT molecular complexity index is 1820. The molecular formula is C25H22F2N8O4. The van der Waals surface area contributed by atoms with Crippen LogP contribution in [0.25, 0.3) is 22.4 Å². The molecule has 1 N–H and O–H groups in total. The van der Waals surface area contributed by atoms with E-state index in [2.05, 4.69) is 25.4 Å². The lowest BCUT2D eigenvalue weighted by Gasteiger charge is -2.14. The lowest BCUT2D eigenvalue weighted by molar-refractivity contribution is -0.116. The Hall–Kier alpha value is -5.01. The number of carbonyl (C=O) groups is 1. The van der Waals surface area contributed by atoms with Crippen LogP contribution < -0.4 is 16.6 Å². The Morgan fingerprint density at radius 3 is 2.69 bits per heavy atom. The molecule has 12 nitrogen and oxygen atoms in total. The Kier molecular flexibility index (Phi) is 6.38. The molecule has 5 aromatic heterocycles. The maximum atomic E-state index is 14.0. The molecule has 0 fully saturated rings. The molecule has 5 heterocycles. The van der Waals surface area contributed by atoms with Crippen LogP contribution in [0.3, 0.4) is 0 Å². The minimum Gasteiger partial charge on any atom is -0.364 e. The first-order chi connectivity index (χ1) is 18.5. The van der Waals surface area contributed by atoms with Gasteiger partial charge < -0.3 is 14.4 Å². The highest BCUT2D eigenvalue weighted by Crippen LogP contribution is 2.31. The van der Waals surface area contributed by atoms with Gasteiger partial charge in [0, 0.05) is 43.1 Å². The maximum absolute atomic E-state index is 14.0. The second-order valence-corrected chi connectivity index (χ2v) is 8.97. The quantitative estimate of drug-likeness (QED) is 0.334. The standard InChI is InChI=1S/C25H22F2N8O4/c1-14-17(25(2,26)27)9-15(10-28-14)18-5-4-6-19(30-18)31-20(36)12-34-13-29-22-21(34)23(37)35(24(38)33(22)3)11-16-7-8-39-32-16/h4-10,13H,11-12H2,1-3H3,(H,30,31,36). The van der Waals surface area contributed by atoms with Crippen LogP contribution in [0.15, 0.2) is 63.2 Å². The molecule has 0 saturated heterocycles. The number of anilines is 1. The summed E-state index contributed by atoms with van der Waals surface area (Å²) in [5.74, 6) is -3.44. The first-order valence-electron chi connectivity index (χ1n) is 11.7. The number of hydrogen-bond donors (Lipinski definition) is 1. The summed E-state index contributed by atoms with van der Waals surface area (Å²) in [5, 5.41) is 6.38. The van der Waals surface area contributed by atoms with E-state index in [0.29, 0.717) is 17.0 Å². The highest BCUT2D eigenvalue weighted by molar-refractivity contribution is 5.90. The van der Waals surface area contributed by atoms with Gasteiger partial charge in [0.2, 0.25) is 5.91 Å². The number of nitrogens with zero attached hydrogens (tertiary/aromatic N) is 7. The number of fused-ring (bicyclic) bond motifs is 1. The number of aromatic nitrogens is 7. The highest BCUT2D eigenvalue weighted by Gasteiger charge is 2.27. The second-order valence-electron chi connectivity index (χ2n) is 8.97. The zero-order valence-electron chi connectivity index (χ0n) is 21.1.